The van der Waals surface area contributed by atoms with Gasteiger partial charge in [0.2, 0.25) is 0 Å². The fourth-order valence-electron chi connectivity index (χ4n) is 1.42. The van der Waals surface area contributed by atoms with Gasteiger partial charge in [0.05, 0.1) is 0 Å². The molecule has 3 heteroatoms. The molecule has 1 aromatic heterocycles. The monoisotopic (exact) mass is 196 g/mol. The molecule has 0 fully saturated rings. The van der Waals surface area contributed by atoms with Crippen LogP contribution in [-0.4, -0.2) is 11.1 Å². The van der Waals surface area contributed by atoms with Crippen molar-refractivity contribution < 1.29 is 14.3 Å². The van der Waals surface area contributed by atoms with Crippen LogP contribution in [0.2, 0.25) is 0 Å². The summed E-state index contributed by atoms with van der Waals surface area (Å²) in [5.41, 5.74) is 0.309. The molecular formula is C11H16O3. The molecule has 0 aliphatic heterocycles. The van der Waals surface area contributed by atoms with Crippen LogP contribution in [0.15, 0.2) is 10.5 Å². The number of hydrogen-bond acceptors (Lipinski definition) is 2. The van der Waals surface area contributed by atoms with Crippen molar-refractivity contribution in [2.45, 2.75) is 39.5 Å². The molecule has 78 valence electrons. The van der Waals surface area contributed by atoms with Crippen LogP contribution in [0.3, 0.4) is 0 Å². The lowest BCUT2D eigenvalue weighted by Gasteiger charge is -2.01. The largest absolute Gasteiger partial charge is 0.478 e. The summed E-state index contributed by atoms with van der Waals surface area (Å²) in [7, 11) is 0. The fraction of sp³-hybridized carbons (Fsp3) is 0.545. The van der Waals surface area contributed by atoms with E-state index in [0.717, 1.165) is 18.6 Å². The van der Waals surface area contributed by atoms with Crippen LogP contribution in [0.4, 0.5) is 0 Å². The van der Waals surface area contributed by atoms with Gasteiger partial charge in [0.15, 0.2) is 0 Å². The van der Waals surface area contributed by atoms with Gasteiger partial charge in [0.25, 0.3) is 0 Å². The Morgan fingerprint density at radius 1 is 1.57 bits per heavy atom. The summed E-state index contributed by atoms with van der Waals surface area (Å²) in [5.74, 6) is 0.570. The minimum atomic E-state index is -0.903. The highest BCUT2D eigenvalue weighted by atomic mass is 16.4. The summed E-state index contributed by atoms with van der Waals surface area (Å²) in [6.07, 6.45) is 1.76. The number of aryl methyl sites for hydroxylation is 1. The van der Waals surface area contributed by atoms with Crippen molar-refractivity contribution in [3.63, 3.8) is 0 Å². The molecule has 0 saturated carbocycles. The van der Waals surface area contributed by atoms with E-state index < -0.39 is 5.97 Å². The summed E-state index contributed by atoms with van der Waals surface area (Å²) in [5, 5.41) is 8.94. The SMILES string of the molecule is CCCc1cc(C(=O)O)c(C(C)C)o1. The molecule has 3 nitrogen and oxygen atoms in total. The Balaban J connectivity index is 3.06. The third kappa shape index (κ3) is 2.16. The van der Waals surface area contributed by atoms with Gasteiger partial charge in [0.1, 0.15) is 17.1 Å². The second-order valence-electron chi connectivity index (χ2n) is 3.70. The van der Waals surface area contributed by atoms with Crippen molar-refractivity contribution in [1.82, 2.24) is 0 Å². The van der Waals surface area contributed by atoms with E-state index >= 15 is 0 Å². The minimum absolute atomic E-state index is 0.117. The maximum absolute atomic E-state index is 10.9. The third-order valence-corrected chi connectivity index (χ3v) is 2.06. The normalized spacial score (nSPS) is 10.9. The van der Waals surface area contributed by atoms with E-state index in [9.17, 15) is 4.79 Å². The minimum Gasteiger partial charge on any atom is -0.478 e. The maximum atomic E-state index is 10.9. The molecule has 1 aromatic rings. The van der Waals surface area contributed by atoms with Gasteiger partial charge in [-0.3, -0.25) is 0 Å². The number of aromatic carboxylic acids is 1. The molecule has 0 unspecified atom stereocenters. The molecule has 0 aliphatic carbocycles. The van der Waals surface area contributed by atoms with Crippen LogP contribution < -0.4 is 0 Å². The van der Waals surface area contributed by atoms with Gasteiger partial charge in [-0.05, 0) is 12.5 Å². The van der Waals surface area contributed by atoms with Crippen molar-refractivity contribution in [3.05, 3.63) is 23.2 Å². The first-order chi connectivity index (χ1) is 6.56. The molecule has 1 N–H and O–H groups in total. The molecule has 0 aromatic carbocycles. The Kier molecular flexibility index (Phi) is 3.33. The molecule has 0 spiro atoms. The van der Waals surface area contributed by atoms with Gasteiger partial charge in [-0.2, -0.15) is 0 Å². The van der Waals surface area contributed by atoms with E-state index in [4.69, 9.17) is 9.52 Å². The van der Waals surface area contributed by atoms with E-state index in [1.807, 2.05) is 20.8 Å². The molecular weight excluding hydrogens is 180 g/mol. The van der Waals surface area contributed by atoms with Gasteiger partial charge >= 0.3 is 5.97 Å². The predicted molar refractivity (Wildman–Crippen MR) is 53.8 cm³/mol. The summed E-state index contributed by atoms with van der Waals surface area (Å²) >= 11 is 0. The lowest BCUT2D eigenvalue weighted by molar-refractivity contribution is 0.0694. The number of hydrogen-bond donors (Lipinski definition) is 1. The van der Waals surface area contributed by atoms with E-state index in [1.54, 1.807) is 6.07 Å². The van der Waals surface area contributed by atoms with Crippen molar-refractivity contribution >= 4 is 5.97 Å². The highest BCUT2D eigenvalue weighted by Gasteiger charge is 2.18. The Morgan fingerprint density at radius 3 is 2.57 bits per heavy atom. The molecule has 1 heterocycles. The molecule has 0 radical (unpaired) electrons. The van der Waals surface area contributed by atoms with Crippen molar-refractivity contribution in [1.29, 1.82) is 0 Å². The van der Waals surface area contributed by atoms with Crippen LogP contribution in [0.5, 0.6) is 0 Å². The second-order valence-corrected chi connectivity index (χ2v) is 3.70. The zero-order chi connectivity index (χ0) is 10.7. The molecule has 0 aliphatic rings. The molecule has 0 saturated heterocycles. The van der Waals surface area contributed by atoms with E-state index in [-0.39, 0.29) is 5.92 Å². The molecule has 14 heavy (non-hydrogen) atoms. The summed E-state index contributed by atoms with van der Waals surface area (Å²) in [6.45, 7) is 5.90. The van der Waals surface area contributed by atoms with Gasteiger partial charge in [0, 0.05) is 12.3 Å². The molecule has 0 atom stereocenters. The Morgan fingerprint density at radius 2 is 2.21 bits per heavy atom. The molecule has 0 bridgehead atoms. The van der Waals surface area contributed by atoms with Crippen LogP contribution in [0, 0.1) is 0 Å². The number of carboxylic acids is 1. The quantitative estimate of drug-likeness (QED) is 0.805. The highest BCUT2D eigenvalue weighted by molar-refractivity contribution is 5.89. The van der Waals surface area contributed by atoms with Crippen LogP contribution in [0.1, 0.15) is 55.0 Å². The number of furan rings is 1. The fourth-order valence-corrected chi connectivity index (χ4v) is 1.42. The van der Waals surface area contributed by atoms with Crippen LogP contribution in [0.25, 0.3) is 0 Å². The predicted octanol–water partition coefficient (Wildman–Crippen LogP) is 3.05. The highest BCUT2D eigenvalue weighted by Crippen LogP contribution is 2.24. The first-order valence-corrected chi connectivity index (χ1v) is 4.92. The Bertz CT molecular complexity index is 323. The van der Waals surface area contributed by atoms with Crippen molar-refractivity contribution in [2.24, 2.45) is 0 Å². The van der Waals surface area contributed by atoms with Gasteiger partial charge < -0.3 is 9.52 Å². The van der Waals surface area contributed by atoms with E-state index in [1.165, 1.54) is 0 Å². The first kappa shape index (κ1) is 10.8. The van der Waals surface area contributed by atoms with Gasteiger partial charge in [-0.1, -0.05) is 20.8 Å². The lowest BCUT2D eigenvalue weighted by Crippen LogP contribution is -1.99. The summed E-state index contributed by atoms with van der Waals surface area (Å²) in [6, 6.07) is 1.64. The van der Waals surface area contributed by atoms with Gasteiger partial charge in [-0.15, -0.1) is 0 Å². The molecule has 0 amide bonds. The maximum Gasteiger partial charge on any atom is 0.339 e. The van der Waals surface area contributed by atoms with Crippen molar-refractivity contribution in [2.75, 3.05) is 0 Å². The molecule has 1 rings (SSSR count). The third-order valence-electron chi connectivity index (χ3n) is 2.06. The smallest absolute Gasteiger partial charge is 0.339 e. The zero-order valence-electron chi connectivity index (χ0n) is 8.83. The standard InChI is InChI=1S/C11H16O3/c1-4-5-8-6-9(11(12)13)10(14-8)7(2)3/h6-7H,4-5H2,1-3H3,(H,12,13). The second kappa shape index (κ2) is 4.31. The Labute approximate surface area is 83.7 Å². The summed E-state index contributed by atoms with van der Waals surface area (Å²) < 4.78 is 5.50. The average molecular weight is 196 g/mol. The number of rotatable bonds is 4. The lowest BCUT2D eigenvalue weighted by atomic mass is 10.1. The summed E-state index contributed by atoms with van der Waals surface area (Å²) in [4.78, 5) is 10.9. The van der Waals surface area contributed by atoms with E-state index in [2.05, 4.69) is 0 Å². The van der Waals surface area contributed by atoms with Gasteiger partial charge in [-0.25, -0.2) is 4.79 Å². The first-order valence-electron chi connectivity index (χ1n) is 4.92. The number of carboxylic acid groups (broad SMARTS) is 1. The average Bonchev–Trinajstić information content (AvgIpc) is 2.49. The van der Waals surface area contributed by atoms with Crippen molar-refractivity contribution in [3.8, 4) is 0 Å². The van der Waals surface area contributed by atoms with Crippen LogP contribution >= 0.6 is 0 Å². The van der Waals surface area contributed by atoms with Crippen LogP contribution in [-0.2, 0) is 6.42 Å². The Hall–Kier alpha value is -1.25. The topological polar surface area (TPSA) is 50.4 Å². The number of carbonyl (C=O) groups is 1. The van der Waals surface area contributed by atoms with E-state index in [0.29, 0.717) is 11.3 Å². The zero-order valence-corrected chi connectivity index (χ0v) is 8.83.